The Morgan fingerprint density at radius 2 is 2.22 bits per heavy atom. The van der Waals surface area contributed by atoms with Crippen molar-refractivity contribution >= 4 is 5.91 Å². The topological polar surface area (TPSA) is 88.8 Å². The SMILES string of the molecule is Cc1cc(CCC(C)C)oc(=O)c1C(=O)N[C@H]1CCOC[C@@H]1O. The summed E-state index contributed by atoms with van der Waals surface area (Å²) in [5.41, 5.74) is -0.0150. The highest BCUT2D eigenvalue weighted by Gasteiger charge is 2.27. The predicted octanol–water partition coefficient (Wildman–Crippen LogP) is 1.42. The molecule has 23 heavy (non-hydrogen) atoms. The maximum absolute atomic E-state index is 12.4. The van der Waals surface area contributed by atoms with Gasteiger partial charge in [0, 0.05) is 13.0 Å². The monoisotopic (exact) mass is 323 g/mol. The standard InChI is InChI=1S/C17H25NO5/c1-10(2)4-5-12-8-11(3)15(17(21)23-12)16(20)18-13-6-7-22-9-14(13)19/h8,10,13-14,19H,4-7,9H2,1-3H3,(H,18,20)/t13-,14-/m0/s1. The van der Waals surface area contributed by atoms with Crippen LogP contribution in [0.4, 0.5) is 0 Å². The van der Waals surface area contributed by atoms with Gasteiger partial charge in [0.05, 0.1) is 18.8 Å². The number of aliphatic hydroxyl groups is 1. The van der Waals surface area contributed by atoms with Crippen LogP contribution in [0.3, 0.4) is 0 Å². The summed E-state index contributed by atoms with van der Waals surface area (Å²) in [5.74, 6) is 0.611. The molecule has 1 aromatic heterocycles. The normalized spacial score (nSPS) is 21.4. The largest absolute Gasteiger partial charge is 0.427 e. The maximum Gasteiger partial charge on any atom is 0.349 e. The maximum atomic E-state index is 12.4. The van der Waals surface area contributed by atoms with Crippen LogP contribution in [0.2, 0.25) is 0 Å². The van der Waals surface area contributed by atoms with E-state index < -0.39 is 23.7 Å². The summed E-state index contributed by atoms with van der Waals surface area (Å²) in [4.78, 5) is 24.5. The van der Waals surface area contributed by atoms with E-state index in [1.165, 1.54) is 0 Å². The van der Waals surface area contributed by atoms with Crippen LogP contribution < -0.4 is 10.9 Å². The Morgan fingerprint density at radius 3 is 2.83 bits per heavy atom. The lowest BCUT2D eigenvalue weighted by Gasteiger charge is -2.28. The first-order valence-electron chi connectivity index (χ1n) is 8.08. The minimum atomic E-state index is -0.759. The van der Waals surface area contributed by atoms with Crippen LogP contribution in [-0.4, -0.2) is 36.4 Å². The lowest BCUT2D eigenvalue weighted by Crippen LogP contribution is -2.49. The second-order valence-electron chi connectivity index (χ2n) is 6.50. The lowest BCUT2D eigenvalue weighted by atomic mass is 10.0. The number of carbonyl (C=O) groups is 1. The van der Waals surface area contributed by atoms with E-state index in [2.05, 4.69) is 19.2 Å². The first kappa shape index (κ1) is 17.7. The molecule has 1 aliphatic rings. The molecule has 0 bridgehead atoms. The number of amides is 1. The number of hydrogen-bond acceptors (Lipinski definition) is 5. The highest BCUT2D eigenvalue weighted by Crippen LogP contribution is 2.13. The molecule has 0 spiro atoms. The number of aliphatic hydroxyl groups excluding tert-OH is 1. The van der Waals surface area contributed by atoms with Gasteiger partial charge in [-0.05, 0) is 37.3 Å². The molecule has 128 valence electrons. The number of rotatable bonds is 5. The van der Waals surface area contributed by atoms with E-state index in [-0.39, 0.29) is 12.2 Å². The third-order valence-electron chi connectivity index (χ3n) is 4.04. The van der Waals surface area contributed by atoms with Crippen LogP contribution in [0.5, 0.6) is 0 Å². The molecule has 6 heteroatoms. The van der Waals surface area contributed by atoms with Crippen LogP contribution in [0, 0.1) is 12.8 Å². The van der Waals surface area contributed by atoms with Gasteiger partial charge in [-0.1, -0.05) is 13.8 Å². The van der Waals surface area contributed by atoms with Gasteiger partial charge in [-0.3, -0.25) is 4.79 Å². The molecule has 1 aliphatic heterocycles. The molecule has 1 saturated heterocycles. The van der Waals surface area contributed by atoms with E-state index in [4.69, 9.17) is 9.15 Å². The third-order valence-corrected chi connectivity index (χ3v) is 4.04. The summed E-state index contributed by atoms with van der Waals surface area (Å²) >= 11 is 0. The van der Waals surface area contributed by atoms with E-state index in [1.54, 1.807) is 13.0 Å². The van der Waals surface area contributed by atoms with Crippen molar-refractivity contribution in [1.29, 1.82) is 0 Å². The second-order valence-corrected chi connectivity index (χ2v) is 6.50. The van der Waals surface area contributed by atoms with Crippen molar-refractivity contribution in [3.05, 3.63) is 33.4 Å². The predicted molar refractivity (Wildman–Crippen MR) is 85.6 cm³/mol. The Balaban J connectivity index is 2.12. The molecule has 1 fully saturated rings. The summed E-state index contributed by atoms with van der Waals surface area (Å²) in [6, 6.07) is 1.34. The van der Waals surface area contributed by atoms with Crippen LogP contribution in [0.15, 0.2) is 15.3 Å². The summed E-state index contributed by atoms with van der Waals surface area (Å²) < 4.78 is 10.4. The Bertz CT molecular complexity index is 607. The first-order chi connectivity index (χ1) is 10.9. The molecule has 2 N–H and O–H groups in total. The van der Waals surface area contributed by atoms with Gasteiger partial charge in [0.15, 0.2) is 0 Å². The van der Waals surface area contributed by atoms with E-state index in [0.29, 0.717) is 36.7 Å². The fourth-order valence-electron chi connectivity index (χ4n) is 2.63. The van der Waals surface area contributed by atoms with Crippen molar-refractivity contribution in [3.8, 4) is 0 Å². The van der Waals surface area contributed by atoms with Crippen LogP contribution in [-0.2, 0) is 11.2 Å². The van der Waals surface area contributed by atoms with Crippen molar-refractivity contribution < 1.29 is 19.1 Å². The van der Waals surface area contributed by atoms with Gasteiger partial charge in [-0.15, -0.1) is 0 Å². The first-order valence-corrected chi connectivity index (χ1v) is 8.08. The summed E-state index contributed by atoms with van der Waals surface area (Å²) in [7, 11) is 0. The molecule has 0 unspecified atom stereocenters. The number of carbonyl (C=O) groups excluding carboxylic acids is 1. The van der Waals surface area contributed by atoms with Gasteiger partial charge in [0.25, 0.3) is 5.91 Å². The molecule has 6 nitrogen and oxygen atoms in total. The van der Waals surface area contributed by atoms with Gasteiger partial charge in [-0.2, -0.15) is 0 Å². The number of aryl methyl sites for hydroxylation is 2. The quantitative estimate of drug-likeness (QED) is 0.855. The summed E-state index contributed by atoms with van der Waals surface area (Å²) in [6.07, 6.45) is 1.35. The van der Waals surface area contributed by atoms with Crippen LogP contribution in [0.25, 0.3) is 0 Å². The molecule has 2 rings (SSSR count). The Hall–Kier alpha value is -1.66. The molecular formula is C17H25NO5. The fraction of sp³-hybridized carbons (Fsp3) is 0.647. The van der Waals surface area contributed by atoms with E-state index in [9.17, 15) is 14.7 Å². The fourth-order valence-corrected chi connectivity index (χ4v) is 2.63. The minimum absolute atomic E-state index is 0.0111. The Kier molecular flexibility index (Phi) is 5.96. The van der Waals surface area contributed by atoms with Gasteiger partial charge in [0.2, 0.25) is 0 Å². The summed E-state index contributed by atoms with van der Waals surface area (Å²) in [5, 5.41) is 12.5. The average Bonchev–Trinajstić information content (AvgIpc) is 2.47. The second kappa shape index (κ2) is 7.75. The molecule has 0 aromatic carbocycles. The molecule has 2 heterocycles. The third kappa shape index (κ3) is 4.65. The Labute approximate surface area is 135 Å². The van der Waals surface area contributed by atoms with E-state index in [1.807, 2.05) is 0 Å². The molecule has 0 saturated carbocycles. The van der Waals surface area contributed by atoms with Crippen molar-refractivity contribution in [1.82, 2.24) is 5.32 Å². The zero-order chi connectivity index (χ0) is 17.0. The van der Waals surface area contributed by atoms with E-state index >= 15 is 0 Å². The van der Waals surface area contributed by atoms with Crippen LogP contribution in [0.1, 0.15) is 48.4 Å². The molecular weight excluding hydrogens is 298 g/mol. The summed E-state index contributed by atoms with van der Waals surface area (Å²) in [6.45, 7) is 6.60. The van der Waals surface area contributed by atoms with Gasteiger partial charge in [0.1, 0.15) is 11.3 Å². The highest BCUT2D eigenvalue weighted by molar-refractivity contribution is 5.95. The molecule has 1 amide bonds. The van der Waals surface area contributed by atoms with Gasteiger partial charge in [-0.25, -0.2) is 4.79 Å². The smallest absolute Gasteiger partial charge is 0.349 e. The molecule has 0 aliphatic carbocycles. The van der Waals surface area contributed by atoms with Crippen molar-refractivity contribution in [3.63, 3.8) is 0 Å². The number of ether oxygens (including phenoxy) is 1. The average molecular weight is 323 g/mol. The minimum Gasteiger partial charge on any atom is -0.427 e. The van der Waals surface area contributed by atoms with Crippen molar-refractivity contribution in [2.45, 2.75) is 52.2 Å². The molecule has 2 atom stereocenters. The highest BCUT2D eigenvalue weighted by atomic mass is 16.5. The molecule has 0 radical (unpaired) electrons. The van der Waals surface area contributed by atoms with Gasteiger partial charge < -0.3 is 19.6 Å². The number of nitrogens with one attached hydrogen (secondary N) is 1. The van der Waals surface area contributed by atoms with Crippen molar-refractivity contribution in [2.75, 3.05) is 13.2 Å². The Morgan fingerprint density at radius 1 is 1.48 bits per heavy atom. The van der Waals surface area contributed by atoms with Crippen LogP contribution >= 0.6 is 0 Å². The zero-order valence-corrected chi connectivity index (χ0v) is 13.9. The number of hydrogen-bond donors (Lipinski definition) is 2. The zero-order valence-electron chi connectivity index (χ0n) is 13.9. The van der Waals surface area contributed by atoms with E-state index in [0.717, 1.165) is 6.42 Å². The lowest BCUT2D eigenvalue weighted by molar-refractivity contribution is -0.0261. The van der Waals surface area contributed by atoms with Gasteiger partial charge >= 0.3 is 5.63 Å². The van der Waals surface area contributed by atoms with Crippen molar-refractivity contribution in [2.24, 2.45) is 5.92 Å². The molecule has 1 aromatic rings.